The average Bonchev–Trinajstić information content (AvgIpc) is 2.37. The van der Waals surface area contributed by atoms with Crippen molar-refractivity contribution in [1.82, 2.24) is 4.98 Å². The van der Waals surface area contributed by atoms with E-state index in [2.05, 4.69) is 11.1 Å². The molecule has 1 atom stereocenters. The van der Waals surface area contributed by atoms with Gasteiger partial charge in [-0.05, 0) is 19.1 Å². The number of aliphatic hydroxyl groups is 1. The molecule has 0 aliphatic rings. The Balaban J connectivity index is 2.33. The van der Waals surface area contributed by atoms with Crippen LogP contribution in [-0.2, 0) is 4.74 Å². The number of hydrogen-bond acceptors (Lipinski definition) is 4. The molecule has 0 spiro atoms. The van der Waals surface area contributed by atoms with E-state index in [4.69, 9.17) is 4.74 Å². The smallest absolute Gasteiger partial charge is 0.0947 e. The molecule has 0 amide bonds. The van der Waals surface area contributed by atoms with Crippen LogP contribution in [0.2, 0.25) is 0 Å². The molecular weight excluding hydrogens is 240 g/mol. The van der Waals surface area contributed by atoms with E-state index in [1.807, 2.05) is 43.1 Å². The van der Waals surface area contributed by atoms with E-state index in [0.29, 0.717) is 13.2 Å². The third-order valence-corrected chi connectivity index (χ3v) is 3.08. The molecule has 0 aliphatic carbocycles. The number of benzene rings is 1. The maximum Gasteiger partial charge on any atom is 0.0947 e. The molecule has 0 saturated carbocycles. The molecule has 1 aromatic heterocycles. The van der Waals surface area contributed by atoms with Crippen molar-refractivity contribution in [3.63, 3.8) is 0 Å². The predicted molar refractivity (Wildman–Crippen MR) is 77.6 cm³/mol. The largest absolute Gasteiger partial charge is 0.389 e. The van der Waals surface area contributed by atoms with Gasteiger partial charge in [-0.25, -0.2) is 0 Å². The lowest BCUT2D eigenvalue weighted by Gasteiger charge is -2.24. The van der Waals surface area contributed by atoms with Gasteiger partial charge in [-0.15, -0.1) is 0 Å². The summed E-state index contributed by atoms with van der Waals surface area (Å²) in [6.45, 7) is 2.85. The topological polar surface area (TPSA) is 45.6 Å². The molecule has 1 heterocycles. The lowest BCUT2D eigenvalue weighted by atomic mass is 10.1. The number of likely N-dealkylation sites (N-methyl/N-ethyl adjacent to an activating group) is 1. The van der Waals surface area contributed by atoms with Crippen LogP contribution < -0.4 is 4.90 Å². The molecule has 0 bridgehead atoms. The fraction of sp³-hybridized carbons (Fsp3) is 0.400. The van der Waals surface area contributed by atoms with Crippen LogP contribution in [0.3, 0.4) is 0 Å². The minimum atomic E-state index is -0.498. The number of nitrogens with zero attached hydrogens (tertiary/aromatic N) is 2. The van der Waals surface area contributed by atoms with Crippen LogP contribution in [0.5, 0.6) is 0 Å². The van der Waals surface area contributed by atoms with Crippen molar-refractivity contribution < 1.29 is 9.84 Å². The number of pyridine rings is 1. The zero-order chi connectivity index (χ0) is 13.8. The summed E-state index contributed by atoms with van der Waals surface area (Å²) in [7, 11) is 3.56. The molecule has 0 saturated heterocycles. The molecule has 19 heavy (non-hydrogen) atoms. The molecule has 0 fully saturated rings. The van der Waals surface area contributed by atoms with Gasteiger partial charge in [0.15, 0.2) is 0 Å². The van der Waals surface area contributed by atoms with Crippen LogP contribution in [-0.4, -0.2) is 43.5 Å². The summed E-state index contributed by atoms with van der Waals surface area (Å²) in [4.78, 5) is 6.56. The quantitative estimate of drug-likeness (QED) is 0.893. The van der Waals surface area contributed by atoms with E-state index in [9.17, 15) is 5.11 Å². The van der Waals surface area contributed by atoms with Crippen LogP contribution in [0.4, 0.5) is 5.69 Å². The number of aromatic nitrogens is 1. The molecule has 4 heteroatoms. The van der Waals surface area contributed by atoms with E-state index < -0.39 is 6.10 Å². The Morgan fingerprint density at radius 2 is 2.11 bits per heavy atom. The maximum absolute atomic E-state index is 9.84. The lowest BCUT2D eigenvalue weighted by Crippen LogP contribution is -2.32. The Morgan fingerprint density at radius 3 is 2.84 bits per heavy atom. The first-order valence-corrected chi connectivity index (χ1v) is 6.36. The van der Waals surface area contributed by atoms with Gasteiger partial charge in [-0.2, -0.15) is 0 Å². The SMILES string of the molecule is COCC(O)CN(C)c1cc(C)nc2ccccc12. The lowest BCUT2D eigenvalue weighted by molar-refractivity contribution is 0.0695. The Morgan fingerprint density at radius 1 is 1.37 bits per heavy atom. The van der Waals surface area contributed by atoms with Crippen LogP contribution in [0.15, 0.2) is 30.3 Å². The van der Waals surface area contributed by atoms with E-state index >= 15 is 0 Å². The van der Waals surface area contributed by atoms with Gasteiger partial charge in [0.1, 0.15) is 0 Å². The molecule has 1 N–H and O–H groups in total. The summed E-state index contributed by atoms with van der Waals surface area (Å²) in [5.41, 5.74) is 3.03. The van der Waals surface area contributed by atoms with Crippen LogP contribution >= 0.6 is 0 Å². The standard InChI is InChI=1S/C15H20N2O2/c1-11-8-15(17(2)9-12(18)10-19-3)13-6-4-5-7-14(13)16-11/h4-8,12,18H,9-10H2,1-3H3. The number of aliphatic hydroxyl groups excluding tert-OH is 1. The first-order valence-electron chi connectivity index (χ1n) is 6.36. The molecule has 0 aliphatic heterocycles. The van der Waals surface area contributed by atoms with Crippen LogP contribution in [0, 0.1) is 6.92 Å². The molecule has 2 rings (SSSR count). The van der Waals surface area contributed by atoms with Gasteiger partial charge < -0.3 is 14.7 Å². The third kappa shape index (κ3) is 3.22. The second kappa shape index (κ2) is 5.99. The van der Waals surface area contributed by atoms with Gasteiger partial charge in [0.05, 0.1) is 18.2 Å². The highest BCUT2D eigenvalue weighted by atomic mass is 16.5. The number of ether oxygens (including phenoxy) is 1. The fourth-order valence-corrected chi connectivity index (χ4v) is 2.26. The Bertz CT molecular complexity index is 557. The molecule has 1 aromatic carbocycles. The zero-order valence-electron chi connectivity index (χ0n) is 11.6. The van der Waals surface area contributed by atoms with Crippen molar-refractivity contribution in [2.75, 3.05) is 32.2 Å². The Labute approximate surface area is 113 Å². The second-order valence-corrected chi connectivity index (χ2v) is 4.79. The van der Waals surface area contributed by atoms with Gasteiger partial charge >= 0.3 is 0 Å². The summed E-state index contributed by atoms with van der Waals surface area (Å²) in [6, 6.07) is 10.1. The first kappa shape index (κ1) is 13.8. The van der Waals surface area contributed by atoms with Gasteiger partial charge in [-0.3, -0.25) is 4.98 Å². The van der Waals surface area contributed by atoms with Crippen molar-refractivity contribution in [3.8, 4) is 0 Å². The summed E-state index contributed by atoms with van der Waals surface area (Å²) in [5.74, 6) is 0. The Kier molecular flexibility index (Phi) is 4.35. The molecule has 0 radical (unpaired) electrons. The monoisotopic (exact) mass is 260 g/mol. The number of anilines is 1. The van der Waals surface area contributed by atoms with Gasteiger partial charge in [0.2, 0.25) is 0 Å². The molecule has 102 valence electrons. The van der Waals surface area contributed by atoms with Gasteiger partial charge in [-0.1, -0.05) is 18.2 Å². The fourth-order valence-electron chi connectivity index (χ4n) is 2.26. The van der Waals surface area contributed by atoms with Gasteiger partial charge in [0.25, 0.3) is 0 Å². The van der Waals surface area contributed by atoms with E-state index in [1.165, 1.54) is 0 Å². The first-order chi connectivity index (χ1) is 9.11. The van der Waals surface area contributed by atoms with Crippen molar-refractivity contribution in [1.29, 1.82) is 0 Å². The second-order valence-electron chi connectivity index (χ2n) is 4.79. The minimum absolute atomic E-state index is 0.340. The number of para-hydroxylation sites is 1. The van der Waals surface area contributed by atoms with Crippen molar-refractivity contribution in [2.24, 2.45) is 0 Å². The molecular formula is C15H20N2O2. The number of aryl methyl sites for hydroxylation is 1. The third-order valence-electron chi connectivity index (χ3n) is 3.08. The van der Waals surface area contributed by atoms with Crippen molar-refractivity contribution >= 4 is 16.6 Å². The molecule has 1 unspecified atom stereocenters. The van der Waals surface area contributed by atoms with E-state index in [0.717, 1.165) is 22.3 Å². The van der Waals surface area contributed by atoms with Gasteiger partial charge in [0, 0.05) is 37.5 Å². The highest BCUT2D eigenvalue weighted by molar-refractivity contribution is 5.91. The van der Waals surface area contributed by atoms with Crippen LogP contribution in [0.25, 0.3) is 10.9 Å². The summed E-state index contributed by atoms with van der Waals surface area (Å²) >= 11 is 0. The average molecular weight is 260 g/mol. The number of fused-ring (bicyclic) bond motifs is 1. The van der Waals surface area contributed by atoms with Crippen molar-refractivity contribution in [2.45, 2.75) is 13.0 Å². The minimum Gasteiger partial charge on any atom is -0.389 e. The number of methoxy groups -OCH3 is 1. The van der Waals surface area contributed by atoms with Crippen LogP contribution in [0.1, 0.15) is 5.69 Å². The summed E-state index contributed by atoms with van der Waals surface area (Å²) < 4.78 is 4.96. The molecule has 2 aromatic rings. The predicted octanol–water partition coefficient (Wildman–Crippen LogP) is 1.99. The maximum atomic E-state index is 9.84. The highest BCUT2D eigenvalue weighted by Crippen LogP contribution is 2.25. The summed E-state index contributed by atoms with van der Waals surface area (Å²) in [6.07, 6.45) is -0.498. The van der Waals surface area contributed by atoms with Crippen molar-refractivity contribution in [3.05, 3.63) is 36.0 Å². The Hall–Kier alpha value is -1.65. The molecule has 4 nitrogen and oxygen atoms in total. The number of hydrogen-bond donors (Lipinski definition) is 1. The van der Waals surface area contributed by atoms with E-state index in [1.54, 1.807) is 7.11 Å². The van der Waals surface area contributed by atoms with E-state index in [-0.39, 0.29) is 0 Å². The number of rotatable bonds is 5. The summed E-state index contributed by atoms with van der Waals surface area (Å²) in [5, 5.41) is 10.9. The normalized spacial score (nSPS) is 12.6. The zero-order valence-corrected chi connectivity index (χ0v) is 11.6. The highest BCUT2D eigenvalue weighted by Gasteiger charge is 2.12.